The Morgan fingerprint density at radius 1 is 1.36 bits per heavy atom. The monoisotopic (exact) mass is 347 g/mol. The van der Waals surface area contributed by atoms with Gasteiger partial charge in [0.1, 0.15) is 11.8 Å². The quantitative estimate of drug-likeness (QED) is 0.813. The van der Waals surface area contributed by atoms with Gasteiger partial charge in [-0.3, -0.25) is 9.69 Å². The number of benzene rings is 1. The van der Waals surface area contributed by atoms with Crippen molar-refractivity contribution in [2.45, 2.75) is 38.0 Å². The summed E-state index contributed by atoms with van der Waals surface area (Å²) < 4.78 is 10.8. The zero-order chi connectivity index (χ0) is 17.6. The van der Waals surface area contributed by atoms with Gasteiger partial charge in [-0.15, -0.1) is 0 Å². The smallest absolute Gasteiger partial charge is 0.239 e. The van der Waals surface area contributed by atoms with Gasteiger partial charge in [-0.05, 0) is 50.6 Å². The van der Waals surface area contributed by atoms with Crippen molar-refractivity contribution in [2.24, 2.45) is 0 Å². The van der Waals surface area contributed by atoms with Crippen LogP contribution in [-0.4, -0.2) is 62.8 Å². The Bertz CT molecular complexity index is 558. The number of methoxy groups -OCH3 is 1. The minimum absolute atomic E-state index is 0.0184. The molecule has 138 valence electrons. The predicted octanol–water partition coefficient (Wildman–Crippen LogP) is 1.33. The molecule has 1 aromatic carbocycles. The minimum atomic E-state index is -0.274. The number of carbonyl (C=O) groups is 1. The molecule has 0 bridgehead atoms. The first-order valence-corrected chi connectivity index (χ1v) is 9.19. The molecule has 0 saturated carbocycles. The molecule has 2 N–H and O–H groups in total. The Hall–Kier alpha value is -1.63. The van der Waals surface area contributed by atoms with E-state index in [0.717, 1.165) is 25.4 Å². The topological polar surface area (TPSA) is 62.8 Å². The van der Waals surface area contributed by atoms with Crippen LogP contribution in [0.5, 0.6) is 5.75 Å². The first kappa shape index (κ1) is 18.2. The van der Waals surface area contributed by atoms with E-state index in [1.807, 2.05) is 19.1 Å². The number of hydrogen-bond acceptors (Lipinski definition) is 5. The zero-order valence-electron chi connectivity index (χ0n) is 15.2. The van der Waals surface area contributed by atoms with E-state index in [1.54, 1.807) is 7.11 Å². The van der Waals surface area contributed by atoms with Crippen LogP contribution in [0.25, 0.3) is 0 Å². The molecule has 0 radical (unpaired) electrons. The van der Waals surface area contributed by atoms with E-state index in [-0.39, 0.29) is 24.1 Å². The summed E-state index contributed by atoms with van der Waals surface area (Å²) in [6.07, 6.45) is 2.34. The molecule has 2 fully saturated rings. The van der Waals surface area contributed by atoms with E-state index in [9.17, 15) is 4.79 Å². The van der Waals surface area contributed by atoms with Crippen LogP contribution in [0.3, 0.4) is 0 Å². The third-order valence-corrected chi connectivity index (χ3v) is 5.15. The summed E-state index contributed by atoms with van der Waals surface area (Å²) in [5.41, 5.74) is 1.21. The number of ether oxygens (including phenoxy) is 2. The fraction of sp³-hybridized carbons (Fsp3) is 0.632. The third-order valence-electron chi connectivity index (χ3n) is 5.15. The van der Waals surface area contributed by atoms with E-state index >= 15 is 0 Å². The van der Waals surface area contributed by atoms with Crippen molar-refractivity contribution < 1.29 is 14.3 Å². The lowest BCUT2D eigenvalue weighted by atomic mass is 10.0. The van der Waals surface area contributed by atoms with Gasteiger partial charge >= 0.3 is 0 Å². The third kappa shape index (κ3) is 4.51. The first-order valence-electron chi connectivity index (χ1n) is 9.19. The van der Waals surface area contributed by atoms with Gasteiger partial charge in [0.25, 0.3) is 0 Å². The van der Waals surface area contributed by atoms with Crippen LogP contribution in [0.1, 0.15) is 31.4 Å². The average molecular weight is 347 g/mol. The highest BCUT2D eigenvalue weighted by atomic mass is 16.5. The lowest BCUT2D eigenvalue weighted by Crippen LogP contribution is -2.56. The van der Waals surface area contributed by atoms with E-state index < -0.39 is 0 Å². The van der Waals surface area contributed by atoms with E-state index in [0.29, 0.717) is 13.2 Å². The SMILES string of the molecule is COc1ccc(C(CNC(=O)[C@H]2NCCO[C@@H]2C)N2CCCC2)cc1. The molecule has 0 aromatic heterocycles. The number of nitrogens with zero attached hydrogens (tertiary/aromatic N) is 1. The lowest BCUT2D eigenvalue weighted by Gasteiger charge is -2.32. The molecule has 2 aliphatic rings. The van der Waals surface area contributed by atoms with Crippen LogP contribution < -0.4 is 15.4 Å². The van der Waals surface area contributed by atoms with Crippen LogP contribution in [0.2, 0.25) is 0 Å². The molecule has 1 unspecified atom stereocenters. The number of carbonyl (C=O) groups excluding carboxylic acids is 1. The second-order valence-electron chi connectivity index (χ2n) is 6.78. The number of amides is 1. The normalized spacial score (nSPS) is 25.5. The lowest BCUT2D eigenvalue weighted by molar-refractivity contribution is -0.129. The van der Waals surface area contributed by atoms with Gasteiger partial charge in [-0.1, -0.05) is 12.1 Å². The average Bonchev–Trinajstić information content (AvgIpc) is 3.17. The Labute approximate surface area is 149 Å². The number of hydrogen-bond donors (Lipinski definition) is 2. The van der Waals surface area contributed by atoms with Crippen molar-refractivity contribution in [3.8, 4) is 5.75 Å². The first-order chi connectivity index (χ1) is 12.2. The van der Waals surface area contributed by atoms with Crippen LogP contribution in [0.4, 0.5) is 0 Å². The van der Waals surface area contributed by atoms with Crippen molar-refractivity contribution in [2.75, 3.05) is 39.9 Å². The summed E-state index contributed by atoms with van der Waals surface area (Å²) >= 11 is 0. The van der Waals surface area contributed by atoms with Crippen LogP contribution in [0.15, 0.2) is 24.3 Å². The second kappa shape index (κ2) is 8.65. The Kier molecular flexibility index (Phi) is 6.29. The summed E-state index contributed by atoms with van der Waals surface area (Å²) in [4.78, 5) is 15.0. The maximum Gasteiger partial charge on any atom is 0.239 e. The van der Waals surface area contributed by atoms with Gasteiger partial charge in [0, 0.05) is 13.1 Å². The van der Waals surface area contributed by atoms with Crippen molar-refractivity contribution in [3.05, 3.63) is 29.8 Å². The number of rotatable bonds is 6. The van der Waals surface area contributed by atoms with Crippen molar-refractivity contribution >= 4 is 5.91 Å². The van der Waals surface area contributed by atoms with Crippen molar-refractivity contribution in [1.29, 1.82) is 0 Å². The molecular formula is C19H29N3O3. The van der Waals surface area contributed by atoms with Gasteiger partial charge in [-0.25, -0.2) is 0 Å². The molecule has 6 heteroatoms. The number of morpholine rings is 1. The Balaban J connectivity index is 1.65. The summed E-state index contributed by atoms with van der Waals surface area (Å²) in [6.45, 7) is 6.08. The highest BCUT2D eigenvalue weighted by Gasteiger charge is 2.30. The molecule has 0 aliphatic carbocycles. The van der Waals surface area contributed by atoms with Gasteiger partial charge in [0.15, 0.2) is 0 Å². The van der Waals surface area contributed by atoms with Crippen molar-refractivity contribution in [3.63, 3.8) is 0 Å². The molecule has 0 spiro atoms. The largest absolute Gasteiger partial charge is 0.497 e. The van der Waals surface area contributed by atoms with E-state index in [4.69, 9.17) is 9.47 Å². The van der Waals surface area contributed by atoms with Gasteiger partial charge in [0.2, 0.25) is 5.91 Å². The zero-order valence-corrected chi connectivity index (χ0v) is 15.2. The molecule has 6 nitrogen and oxygen atoms in total. The minimum Gasteiger partial charge on any atom is -0.497 e. The second-order valence-corrected chi connectivity index (χ2v) is 6.78. The summed E-state index contributed by atoms with van der Waals surface area (Å²) in [5, 5.41) is 6.38. The molecule has 2 aliphatic heterocycles. The molecular weight excluding hydrogens is 318 g/mol. The van der Waals surface area contributed by atoms with E-state index in [2.05, 4.69) is 27.7 Å². The molecule has 1 aromatic rings. The standard InChI is InChI=1S/C19H29N3O3/c1-14-18(20-9-12-25-14)19(23)21-13-17(22-10-3-4-11-22)15-5-7-16(24-2)8-6-15/h5-8,14,17-18,20H,3-4,9-13H2,1-2H3,(H,21,23)/t14-,17?,18+/m1/s1. The maximum absolute atomic E-state index is 12.6. The van der Waals surface area contributed by atoms with Gasteiger partial charge < -0.3 is 20.1 Å². The fourth-order valence-electron chi connectivity index (χ4n) is 3.67. The molecule has 25 heavy (non-hydrogen) atoms. The van der Waals surface area contributed by atoms with Crippen LogP contribution in [-0.2, 0) is 9.53 Å². The predicted molar refractivity (Wildman–Crippen MR) is 96.8 cm³/mol. The summed E-state index contributed by atoms with van der Waals surface area (Å²) in [7, 11) is 1.67. The Morgan fingerprint density at radius 3 is 2.72 bits per heavy atom. The fourth-order valence-corrected chi connectivity index (χ4v) is 3.67. The maximum atomic E-state index is 12.6. The molecule has 3 rings (SSSR count). The van der Waals surface area contributed by atoms with E-state index in [1.165, 1.54) is 18.4 Å². The Morgan fingerprint density at radius 2 is 2.08 bits per heavy atom. The molecule has 3 atom stereocenters. The molecule has 1 amide bonds. The van der Waals surface area contributed by atoms with Crippen LogP contribution >= 0.6 is 0 Å². The number of nitrogens with one attached hydrogen (secondary N) is 2. The molecule has 2 heterocycles. The van der Waals surface area contributed by atoms with Gasteiger partial charge in [-0.2, -0.15) is 0 Å². The van der Waals surface area contributed by atoms with Crippen LogP contribution in [0, 0.1) is 0 Å². The number of likely N-dealkylation sites (tertiary alicyclic amines) is 1. The highest BCUT2D eigenvalue weighted by molar-refractivity contribution is 5.82. The van der Waals surface area contributed by atoms with Gasteiger partial charge in [0.05, 0.1) is 25.9 Å². The highest BCUT2D eigenvalue weighted by Crippen LogP contribution is 2.26. The summed E-state index contributed by atoms with van der Waals surface area (Å²) in [6, 6.07) is 8.08. The molecule has 2 saturated heterocycles. The van der Waals surface area contributed by atoms with Crippen molar-refractivity contribution in [1.82, 2.24) is 15.5 Å². The summed E-state index contributed by atoms with van der Waals surface area (Å²) in [5.74, 6) is 0.871.